The zero-order valence-electron chi connectivity index (χ0n) is 15.6. The van der Waals surface area contributed by atoms with Crippen LogP contribution in [0, 0.1) is 0 Å². The van der Waals surface area contributed by atoms with E-state index in [2.05, 4.69) is 0 Å². The van der Waals surface area contributed by atoms with E-state index >= 15 is 0 Å². The molecule has 0 unspecified atom stereocenters. The molecule has 0 aliphatic heterocycles. The standard InChI is InChI=1S/4C4H8O2.2Rh/c4*1-2-3-4(5)6;;/h4*2-3H2,1H3,(H,5,6);;/q;;;;2*+2/p-4. The molecule has 158 valence electrons. The predicted octanol–water partition coefficient (Wildman–Crippen LogP) is -1.86. The molecular formula is C16H28O8Rh2. The Bertz CT molecular complexity index is 272. The summed E-state index contributed by atoms with van der Waals surface area (Å²) < 4.78 is 0. The number of carbonyl (C=O) groups excluding carboxylic acids is 4. The van der Waals surface area contributed by atoms with Gasteiger partial charge in [0.2, 0.25) is 0 Å². The maximum absolute atomic E-state index is 9.49. The molecule has 0 heterocycles. The van der Waals surface area contributed by atoms with Crippen molar-refractivity contribution in [2.75, 3.05) is 0 Å². The minimum absolute atomic E-state index is 0. The van der Waals surface area contributed by atoms with Crippen LogP contribution in [0.5, 0.6) is 0 Å². The van der Waals surface area contributed by atoms with Gasteiger partial charge in [-0.2, -0.15) is 0 Å². The van der Waals surface area contributed by atoms with Crippen LogP contribution in [0.1, 0.15) is 79.1 Å². The molecule has 0 fully saturated rings. The van der Waals surface area contributed by atoms with Crippen molar-refractivity contribution < 1.29 is 78.6 Å². The summed E-state index contributed by atoms with van der Waals surface area (Å²) in [6.07, 6.45) is 3.40. The maximum Gasteiger partial charge on any atom is 2.00 e. The Morgan fingerprint density at radius 2 is 0.577 bits per heavy atom. The molecule has 0 saturated carbocycles. The molecule has 0 N–H and O–H groups in total. The van der Waals surface area contributed by atoms with E-state index in [1.165, 1.54) is 0 Å². The van der Waals surface area contributed by atoms with E-state index in [9.17, 15) is 39.6 Å². The minimum atomic E-state index is -0.961. The largest absolute Gasteiger partial charge is 2.00 e. The first-order valence-electron chi connectivity index (χ1n) is 7.88. The number of carboxylic acids is 4. The van der Waals surface area contributed by atoms with Crippen molar-refractivity contribution in [2.24, 2.45) is 0 Å². The Morgan fingerprint density at radius 1 is 0.462 bits per heavy atom. The third-order valence-electron chi connectivity index (χ3n) is 1.82. The van der Waals surface area contributed by atoms with E-state index in [0.717, 1.165) is 0 Å². The summed E-state index contributed by atoms with van der Waals surface area (Å²) in [5.74, 6) is -3.84. The second-order valence-electron chi connectivity index (χ2n) is 4.49. The summed E-state index contributed by atoms with van der Waals surface area (Å²) in [6, 6.07) is 0. The van der Waals surface area contributed by atoms with E-state index in [-0.39, 0.29) is 64.6 Å². The Kier molecular flexibility index (Phi) is 54.2. The summed E-state index contributed by atoms with van der Waals surface area (Å²) in [5, 5.41) is 38.0. The summed E-state index contributed by atoms with van der Waals surface area (Å²) >= 11 is 0. The molecule has 0 spiro atoms. The normalized spacial score (nSPS) is 7.54. The molecular weight excluding hydrogens is 526 g/mol. The smallest absolute Gasteiger partial charge is 0.550 e. The summed E-state index contributed by atoms with van der Waals surface area (Å²) in [5.41, 5.74) is 0. The van der Waals surface area contributed by atoms with Gasteiger partial charge < -0.3 is 39.6 Å². The van der Waals surface area contributed by atoms with E-state index in [4.69, 9.17) is 0 Å². The first-order valence-corrected chi connectivity index (χ1v) is 7.88. The number of aliphatic carboxylic acids is 4. The molecule has 26 heavy (non-hydrogen) atoms. The molecule has 0 atom stereocenters. The van der Waals surface area contributed by atoms with E-state index < -0.39 is 23.9 Å². The molecule has 0 aliphatic rings. The Balaban J connectivity index is -0.0000000500. The Labute approximate surface area is 181 Å². The third kappa shape index (κ3) is 91.5. The molecule has 0 aromatic rings. The van der Waals surface area contributed by atoms with E-state index in [1.807, 2.05) is 0 Å². The van der Waals surface area contributed by atoms with Gasteiger partial charge >= 0.3 is 39.0 Å². The molecule has 0 amide bonds. The first-order chi connectivity index (χ1) is 11.1. The van der Waals surface area contributed by atoms with Crippen LogP contribution in [-0.2, 0) is 58.1 Å². The molecule has 10 heteroatoms. The van der Waals surface area contributed by atoms with Gasteiger partial charge in [-0.3, -0.25) is 0 Å². The fraction of sp³-hybridized carbons (Fsp3) is 0.750. The van der Waals surface area contributed by atoms with E-state index in [0.29, 0.717) is 25.7 Å². The average molecular weight is 554 g/mol. The van der Waals surface area contributed by atoms with Crippen LogP contribution in [0.4, 0.5) is 0 Å². The third-order valence-corrected chi connectivity index (χ3v) is 1.82. The Morgan fingerprint density at radius 3 is 0.577 bits per heavy atom. The van der Waals surface area contributed by atoms with Crippen LogP contribution in [0.3, 0.4) is 0 Å². The van der Waals surface area contributed by atoms with Gasteiger partial charge in [-0.1, -0.05) is 53.4 Å². The quantitative estimate of drug-likeness (QED) is 0.316. The zero-order valence-corrected chi connectivity index (χ0v) is 18.9. The summed E-state index contributed by atoms with van der Waals surface area (Å²) in [4.78, 5) is 38.0. The van der Waals surface area contributed by atoms with Crippen molar-refractivity contribution in [2.45, 2.75) is 79.1 Å². The molecule has 0 bridgehead atoms. The SMILES string of the molecule is CCCC(=O)[O-].CCCC(=O)[O-].CCCC(=O)[O-].CCCC(=O)[O-].[Rh+2].[Rh+2]. The molecule has 0 aromatic carbocycles. The van der Waals surface area contributed by atoms with Crippen molar-refractivity contribution in [3.63, 3.8) is 0 Å². The van der Waals surface area contributed by atoms with E-state index in [1.54, 1.807) is 27.7 Å². The molecule has 0 aromatic heterocycles. The maximum atomic E-state index is 9.49. The zero-order chi connectivity index (χ0) is 20.0. The van der Waals surface area contributed by atoms with Gasteiger partial charge in [0.05, 0.1) is 0 Å². The molecule has 2 radical (unpaired) electrons. The predicted molar refractivity (Wildman–Crippen MR) is 79.7 cm³/mol. The van der Waals surface area contributed by atoms with Crippen molar-refractivity contribution in [1.82, 2.24) is 0 Å². The summed E-state index contributed by atoms with van der Waals surface area (Å²) in [7, 11) is 0. The monoisotopic (exact) mass is 554 g/mol. The molecule has 0 aliphatic carbocycles. The van der Waals surface area contributed by atoms with Gasteiger partial charge in [0.1, 0.15) is 0 Å². The van der Waals surface area contributed by atoms with Crippen LogP contribution >= 0.6 is 0 Å². The van der Waals surface area contributed by atoms with Gasteiger partial charge in [0.15, 0.2) is 0 Å². The topological polar surface area (TPSA) is 161 Å². The number of hydrogen-bond donors (Lipinski definition) is 0. The van der Waals surface area contributed by atoms with Crippen molar-refractivity contribution in [3.05, 3.63) is 0 Å². The second-order valence-corrected chi connectivity index (χ2v) is 4.49. The van der Waals surface area contributed by atoms with Gasteiger partial charge in [-0.05, 0) is 25.7 Å². The second kappa shape index (κ2) is 35.3. The molecule has 8 nitrogen and oxygen atoms in total. The van der Waals surface area contributed by atoms with Gasteiger partial charge in [-0.15, -0.1) is 0 Å². The fourth-order valence-electron chi connectivity index (χ4n) is 0.816. The average Bonchev–Trinajstić information content (AvgIpc) is 2.39. The fourth-order valence-corrected chi connectivity index (χ4v) is 0.816. The van der Waals surface area contributed by atoms with Crippen LogP contribution in [0.25, 0.3) is 0 Å². The minimum Gasteiger partial charge on any atom is -0.550 e. The van der Waals surface area contributed by atoms with Gasteiger partial charge in [-0.25, -0.2) is 0 Å². The van der Waals surface area contributed by atoms with Crippen molar-refractivity contribution in [1.29, 1.82) is 0 Å². The molecule has 0 rings (SSSR count). The number of carbonyl (C=O) groups is 4. The summed E-state index contributed by atoms with van der Waals surface area (Å²) in [6.45, 7) is 7.21. The van der Waals surface area contributed by atoms with Gasteiger partial charge in [0, 0.05) is 23.9 Å². The number of hydrogen-bond acceptors (Lipinski definition) is 8. The molecule has 0 saturated heterocycles. The van der Waals surface area contributed by atoms with Crippen LogP contribution in [-0.4, -0.2) is 23.9 Å². The number of carboxylic acid groups (broad SMARTS) is 4. The number of rotatable bonds is 8. The van der Waals surface area contributed by atoms with Crippen LogP contribution in [0.2, 0.25) is 0 Å². The van der Waals surface area contributed by atoms with Crippen LogP contribution < -0.4 is 20.4 Å². The van der Waals surface area contributed by atoms with Crippen molar-refractivity contribution in [3.8, 4) is 0 Å². The van der Waals surface area contributed by atoms with Crippen molar-refractivity contribution >= 4 is 23.9 Å². The first kappa shape index (κ1) is 40.0. The Hall–Kier alpha value is -0.873. The van der Waals surface area contributed by atoms with Crippen LogP contribution in [0.15, 0.2) is 0 Å². The van der Waals surface area contributed by atoms with Gasteiger partial charge in [0.25, 0.3) is 0 Å².